The van der Waals surface area contributed by atoms with Gasteiger partial charge in [-0.3, -0.25) is 4.79 Å². The first-order chi connectivity index (χ1) is 8.60. The van der Waals surface area contributed by atoms with E-state index in [4.69, 9.17) is 4.74 Å². The number of nitrogens with one attached hydrogen (secondary N) is 1. The third-order valence-corrected chi connectivity index (χ3v) is 3.24. The fraction of sp³-hybridized carbons (Fsp3) is 0.231. The van der Waals surface area contributed by atoms with Crippen molar-refractivity contribution in [3.05, 3.63) is 29.1 Å². The highest BCUT2D eigenvalue weighted by Crippen LogP contribution is 2.28. The van der Waals surface area contributed by atoms with Crippen molar-refractivity contribution in [3.63, 3.8) is 0 Å². The minimum absolute atomic E-state index is 0.109. The van der Waals surface area contributed by atoms with Crippen molar-refractivity contribution >= 4 is 22.4 Å². The zero-order chi connectivity index (χ0) is 13.1. The van der Waals surface area contributed by atoms with Crippen LogP contribution in [0.5, 0.6) is 5.75 Å². The van der Waals surface area contributed by atoms with Crippen molar-refractivity contribution in [2.24, 2.45) is 0 Å². The molecule has 1 amide bonds. The van der Waals surface area contributed by atoms with Crippen LogP contribution in [0.3, 0.4) is 0 Å². The van der Waals surface area contributed by atoms with Crippen molar-refractivity contribution < 1.29 is 9.53 Å². The average Bonchev–Trinajstić information content (AvgIpc) is 2.76. The first kappa shape index (κ1) is 12.6. The summed E-state index contributed by atoms with van der Waals surface area (Å²) in [6.07, 6.45) is 0. The van der Waals surface area contributed by atoms with Crippen molar-refractivity contribution in [2.45, 2.75) is 13.8 Å². The number of rotatable bonds is 3. The molecule has 0 fully saturated rings. The number of hydrogen-bond acceptors (Lipinski definition) is 4. The van der Waals surface area contributed by atoms with Gasteiger partial charge in [0.15, 0.2) is 5.13 Å². The third kappa shape index (κ3) is 2.68. The lowest BCUT2D eigenvalue weighted by molar-refractivity contribution is -0.114. The molecule has 2 rings (SSSR count). The summed E-state index contributed by atoms with van der Waals surface area (Å²) in [5.41, 5.74) is 2.93. The maximum absolute atomic E-state index is 10.9. The number of carbonyl (C=O) groups is 1. The number of benzene rings is 1. The number of anilines is 1. The molecule has 94 valence electrons. The molecule has 2 aromatic rings. The number of hydrogen-bond donors (Lipinski definition) is 1. The molecule has 1 N–H and O–H groups in total. The van der Waals surface area contributed by atoms with Crippen LogP contribution in [0.2, 0.25) is 0 Å². The number of ether oxygens (including phenoxy) is 1. The van der Waals surface area contributed by atoms with Gasteiger partial charge < -0.3 is 10.1 Å². The maximum Gasteiger partial charge on any atom is 0.223 e. The molecule has 0 radical (unpaired) electrons. The predicted molar refractivity (Wildman–Crippen MR) is 73.1 cm³/mol. The highest BCUT2D eigenvalue weighted by atomic mass is 32.1. The lowest BCUT2D eigenvalue weighted by atomic mass is 10.1. The number of amides is 1. The van der Waals surface area contributed by atoms with Gasteiger partial charge in [0.25, 0.3) is 0 Å². The Bertz CT molecular complexity index is 578. The van der Waals surface area contributed by atoms with Crippen LogP contribution >= 0.6 is 11.3 Å². The van der Waals surface area contributed by atoms with E-state index in [9.17, 15) is 4.79 Å². The zero-order valence-corrected chi connectivity index (χ0v) is 11.3. The highest BCUT2D eigenvalue weighted by molar-refractivity contribution is 7.14. The second-order valence-corrected chi connectivity index (χ2v) is 4.76. The number of nitrogens with zero attached hydrogens (tertiary/aromatic N) is 1. The van der Waals surface area contributed by atoms with Crippen molar-refractivity contribution in [2.75, 3.05) is 12.4 Å². The lowest BCUT2D eigenvalue weighted by Crippen LogP contribution is -2.04. The quantitative estimate of drug-likeness (QED) is 0.924. The summed E-state index contributed by atoms with van der Waals surface area (Å²) in [5.74, 6) is 0.748. The van der Waals surface area contributed by atoms with E-state index < -0.39 is 0 Å². The van der Waals surface area contributed by atoms with Crippen LogP contribution in [0.25, 0.3) is 11.3 Å². The lowest BCUT2D eigenvalue weighted by Gasteiger charge is -2.05. The molecule has 5 heteroatoms. The van der Waals surface area contributed by atoms with E-state index in [1.165, 1.54) is 18.3 Å². The molecule has 0 saturated carbocycles. The SMILES string of the molecule is COc1ccc(-c2csc(NC(C)=O)n2)cc1C. The fourth-order valence-corrected chi connectivity index (χ4v) is 2.42. The van der Waals surface area contributed by atoms with E-state index in [0.29, 0.717) is 5.13 Å². The topological polar surface area (TPSA) is 51.2 Å². The molecule has 0 atom stereocenters. The summed E-state index contributed by atoms with van der Waals surface area (Å²) in [4.78, 5) is 15.3. The van der Waals surface area contributed by atoms with Gasteiger partial charge in [-0.05, 0) is 30.7 Å². The molecule has 0 unspecified atom stereocenters. The van der Waals surface area contributed by atoms with Gasteiger partial charge in [-0.1, -0.05) is 0 Å². The van der Waals surface area contributed by atoms with Gasteiger partial charge in [0, 0.05) is 17.9 Å². The van der Waals surface area contributed by atoms with Crippen LogP contribution in [0.15, 0.2) is 23.6 Å². The fourth-order valence-electron chi connectivity index (χ4n) is 1.65. The smallest absolute Gasteiger partial charge is 0.223 e. The largest absolute Gasteiger partial charge is 0.496 e. The second-order valence-electron chi connectivity index (χ2n) is 3.90. The normalized spacial score (nSPS) is 10.2. The maximum atomic E-state index is 10.9. The molecular formula is C13H14N2O2S. The van der Waals surface area contributed by atoms with Gasteiger partial charge in [0.1, 0.15) is 5.75 Å². The molecule has 1 aromatic carbocycles. The van der Waals surface area contributed by atoms with Gasteiger partial charge in [-0.2, -0.15) is 0 Å². The molecule has 1 aromatic heterocycles. The predicted octanol–water partition coefficient (Wildman–Crippen LogP) is 3.09. The summed E-state index contributed by atoms with van der Waals surface area (Å²) in [6.45, 7) is 3.46. The number of aromatic nitrogens is 1. The summed E-state index contributed by atoms with van der Waals surface area (Å²) in [6, 6.07) is 5.89. The van der Waals surface area contributed by atoms with E-state index in [1.807, 2.05) is 30.5 Å². The number of methoxy groups -OCH3 is 1. The minimum Gasteiger partial charge on any atom is -0.496 e. The Hall–Kier alpha value is -1.88. The third-order valence-electron chi connectivity index (χ3n) is 2.48. The second kappa shape index (κ2) is 5.18. The van der Waals surface area contributed by atoms with E-state index in [2.05, 4.69) is 10.3 Å². The van der Waals surface area contributed by atoms with Crippen molar-refractivity contribution in [3.8, 4) is 17.0 Å². The van der Waals surface area contributed by atoms with Gasteiger partial charge in [0.2, 0.25) is 5.91 Å². The molecule has 0 aliphatic heterocycles. The Morgan fingerprint density at radius 1 is 1.44 bits per heavy atom. The van der Waals surface area contributed by atoms with Crippen molar-refractivity contribution in [1.82, 2.24) is 4.98 Å². The van der Waals surface area contributed by atoms with Crippen LogP contribution in [0.4, 0.5) is 5.13 Å². The molecule has 4 nitrogen and oxygen atoms in total. The monoisotopic (exact) mass is 262 g/mol. The Morgan fingerprint density at radius 2 is 2.22 bits per heavy atom. The first-order valence-electron chi connectivity index (χ1n) is 5.48. The van der Waals surface area contributed by atoms with Gasteiger partial charge in [-0.25, -0.2) is 4.98 Å². The van der Waals surface area contributed by atoms with Crippen LogP contribution < -0.4 is 10.1 Å². The van der Waals surface area contributed by atoms with E-state index in [1.54, 1.807) is 7.11 Å². The average molecular weight is 262 g/mol. The molecule has 0 aliphatic rings. The highest BCUT2D eigenvalue weighted by Gasteiger charge is 2.07. The molecule has 0 aliphatic carbocycles. The summed E-state index contributed by atoms with van der Waals surface area (Å²) >= 11 is 1.41. The molecule has 0 saturated heterocycles. The Labute approximate surface area is 110 Å². The van der Waals surface area contributed by atoms with Gasteiger partial charge in [-0.15, -0.1) is 11.3 Å². The van der Waals surface area contributed by atoms with Crippen LogP contribution in [-0.4, -0.2) is 18.0 Å². The van der Waals surface area contributed by atoms with Crippen LogP contribution in [0.1, 0.15) is 12.5 Å². The summed E-state index contributed by atoms with van der Waals surface area (Å²) in [7, 11) is 1.65. The number of carbonyl (C=O) groups excluding carboxylic acids is 1. The molecule has 0 bridgehead atoms. The van der Waals surface area contributed by atoms with Gasteiger partial charge >= 0.3 is 0 Å². The van der Waals surface area contributed by atoms with Crippen molar-refractivity contribution in [1.29, 1.82) is 0 Å². The van der Waals surface area contributed by atoms with E-state index in [-0.39, 0.29) is 5.91 Å². The molecular weight excluding hydrogens is 248 g/mol. The molecule has 0 spiro atoms. The van der Waals surface area contributed by atoms with Crippen LogP contribution in [0, 0.1) is 6.92 Å². The standard InChI is InChI=1S/C13H14N2O2S/c1-8-6-10(4-5-12(8)17-3)11-7-18-13(15-11)14-9(2)16/h4-7H,1-3H3,(H,14,15,16). The Kier molecular flexibility index (Phi) is 3.62. The molecule has 1 heterocycles. The zero-order valence-electron chi connectivity index (χ0n) is 10.5. The Balaban J connectivity index is 2.28. The Morgan fingerprint density at radius 3 is 2.83 bits per heavy atom. The van der Waals surface area contributed by atoms with Crippen LogP contribution in [-0.2, 0) is 4.79 Å². The summed E-state index contributed by atoms with van der Waals surface area (Å²) < 4.78 is 5.22. The molecule has 18 heavy (non-hydrogen) atoms. The number of aryl methyl sites for hydroxylation is 1. The first-order valence-corrected chi connectivity index (χ1v) is 6.36. The van der Waals surface area contributed by atoms with E-state index >= 15 is 0 Å². The van der Waals surface area contributed by atoms with E-state index in [0.717, 1.165) is 22.6 Å². The number of thiazole rings is 1. The minimum atomic E-state index is -0.109. The summed E-state index contributed by atoms with van der Waals surface area (Å²) in [5, 5.41) is 5.22. The van der Waals surface area contributed by atoms with Gasteiger partial charge in [0.05, 0.1) is 12.8 Å².